The molecule has 1 heterocycles. The zero-order valence-electron chi connectivity index (χ0n) is 13.6. The third kappa shape index (κ3) is 4.12. The van der Waals surface area contributed by atoms with E-state index in [2.05, 4.69) is 11.9 Å². The molecule has 2 unspecified atom stereocenters. The highest BCUT2D eigenvalue weighted by Gasteiger charge is 2.64. The summed E-state index contributed by atoms with van der Waals surface area (Å²) in [5.74, 6) is -6.69. The largest absolute Gasteiger partial charge is 0.370 e. The molecule has 2 atom stereocenters. The first-order valence-corrected chi connectivity index (χ1v) is 10.5. The molecule has 12 nitrogen and oxygen atoms in total. The van der Waals surface area contributed by atoms with Gasteiger partial charge in [0.05, 0.1) is 12.6 Å². The number of nitrogens with one attached hydrogen (secondary N) is 1. The van der Waals surface area contributed by atoms with E-state index < -0.39 is 63.2 Å². The van der Waals surface area contributed by atoms with Crippen LogP contribution in [0.15, 0.2) is 20.6 Å². The second kappa shape index (κ2) is 6.78. The van der Waals surface area contributed by atoms with Gasteiger partial charge in [0.1, 0.15) is 8.47 Å². The summed E-state index contributed by atoms with van der Waals surface area (Å²) in [6.07, 6.45) is 0. The summed E-state index contributed by atoms with van der Waals surface area (Å²) in [6, 6.07) is -1.86. The number of sulfone groups is 1. The highest BCUT2D eigenvalue weighted by molar-refractivity contribution is 8.27. The van der Waals surface area contributed by atoms with Crippen molar-refractivity contribution in [3.05, 3.63) is 20.6 Å². The summed E-state index contributed by atoms with van der Waals surface area (Å²) in [6.45, 7) is 3.64. The topological polar surface area (TPSA) is 228 Å². The van der Waals surface area contributed by atoms with E-state index in [-0.39, 0.29) is 11.8 Å². The number of rotatable bonds is 6. The van der Waals surface area contributed by atoms with E-state index in [1.807, 2.05) is 0 Å². The van der Waals surface area contributed by atoms with Crippen LogP contribution in [0.5, 0.6) is 0 Å². The van der Waals surface area contributed by atoms with Gasteiger partial charge in [-0.3, -0.25) is 5.32 Å². The Morgan fingerprint density at radius 3 is 2.19 bits per heavy atom. The van der Waals surface area contributed by atoms with Crippen LogP contribution in [0.3, 0.4) is 0 Å². The van der Waals surface area contributed by atoms with Crippen LogP contribution >= 0.6 is 11.8 Å². The average molecular weight is 436 g/mol. The zero-order chi connectivity index (χ0) is 20.9. The molecule has 15 heteroatoms. The summed E-state index contributed by atoms with van der Waals surface area (Å²) in [5, 5.41) is 64.4. The van der Waals surface area contributed by atoms with Crippen LogP contribution in [0.2, 0.25) is 0 Å². The first-order valence-electron chi connectivity index (χ1n) is 6.69. The molecule has 0 aliphatic carbocycles. The van der Waals surface area contributed by atoms with Crippen LogP contribution in [0.4, 0.5) is 0 Å². The van der Waals surface area contributed by atoms with E-state index >= 15 is 0 Å². The van der Waals surface area contributed by atoms with Crippen molar-refractivity contribution in [1.29, 1.82) is 0 Å². The highest BCUT2D eigenvalue weighted by Crippen LogP contribution is 2.47. The Morgan fingerprint density at radius 2 is 1.81 bits per heavy atom. The maximum Gasteiger partial charge on any atom is 0.288 e. The quantitative estimate of drug-likeness (QED) is 0.187. The van der Waals surface area contributed by atoms with Gasteiger partial charge in [0.25, 0.3) is 5.97 Å². The summed E-state index contributed by atoms with van der Waals surface area (Å²) in [4.78, 5) is -3.25. The molecule has 152 valence electrons. The molecule has 0 fully saturated rings. The Hall–Kier alpha value is -0.590. The molecule has 0 spiro atoms. The van der Waals surface area contributed by atoms with Crippen molar-refractivity contribution in [3.8, 4) is 0 Å². The summed E-state index contributed by atoms with van der Waals surface area (Å²) in [5.41, 5.74) is -0.402. The molecular weight excluding hydrogens is 416 g/mol. The lowest BCUT2D eigenvalue weighted by Crippen LogP contribution is -2.70. The van der Waals surface area contributed by atoms with Gasteiger partial charge >= 0.3 is 0 Å². The van der Waals surface area contributed by atoms with E-state index in [0.29, 0.717) is 6.92 Å². The van der Waals surface area contributed by atoms with Crippen LogP contribution in [-0.4, -0.2) is 76.8 Å². The molecule has 0 aromatic carbocycles. The van der Waals surface area contributed by atoms with Crippen molar-refractivity contribution >= 4 is 31.6 Å². The Labute approximate surface area is 153 Å². The SMILES string of the molecule is C=C(SC1=C(C)C(NCC(O)(O)O)C(O)(O)C(C)(O)S1(=O)=O)S(N)(=O)=O. The lowest BCUT2D eigenvalue weighted by molar-refractivity contribution is -0.311. The molecule has 0 amide bonds. The zero-order valence-corrected chi connectivity index (χ0v) is 16.1. The lowest BCUT2D eigenvalue weighted by Gasteiger charge is -2.46. The number of thioether (sulfide) groups is 1. The van der Waals surface area contributed by atoms with Crippen LogP contribution in [0.1, 0.15) is 13.8 Å². The Morgan fingerprint density at radius 1 is 1.35 bits per heavy atom. The van der Waals surface area contributed by atoms with E-state index in [9.17, 15) is 32.2 Å². The average Bonchev–Trinajstić information content (AvgIpc) is 2.39. The fourth-order valence-corrected chi connectivity index (χ4v) is 6.11. The number of nitrogens with two attached hydrogens (primary N) is 1. The minimum atomic E-state index is -4.91. The molecule has 0 saturated heterocycles. The van der Waals surface area contributed by atoms with Crippen molar-refractivity contribution in [2.45, 2.75) is 36.6 Å². The van der Waals surface area contributed by atoms with Gasteiger partial charge < -0.3 is 30.6 Å². The number of hydrogen-bond donors (Lipinski definition) is 8. The first kappa shape index (κ1) is 23.4. The van der Waals surface area contributed by atoms with Gasteiger partial charge in [-0.25, -0.2) is 22.0 Å². The van der Waals surface area contributed by atoms with Crippen LogP contribution < -0.4 is 10.5 Å². The molecule has 1 aliphatic rings. The number of aliphatic hydroxyl groups is 6. The maximum atomic E-state index is 12.6. The van der Waals surface area contributed by atoms with Gasteiger partial charge in [-0.2, -0.15) is 0 Å². The molecule has 0 saturated carbocycles. The molecule has 9 N–H and O–H groups in total. The minimum absolute atomic E-state index is 0.0572. The Kier molecular flexibility index (Phi) is 6.12. The fourth-order valence-electron chi connectivity index (χ4n) is 2.11. The van der Waals surface area contributed by atoms with Crippen LogP contribution in [-0.2, 0) is 19.9 Å². The smallest absolute Gasteiger partial charge is 0.288 e. The Balaban J connectivity index is 3.59. The van der Waals surface area contributed by atoms with Crippen molar-refractivity contribution in [3.63, 3.8) is 0 Å². The van der Waals surface area contributed by atoms with Crippen molar-refractivity contribution in [1.82, 2.24) is 5.32 Å². The van der Waals surface area contributed by atoms with E-state index in [1.54, 1.807) is 0 Å². The third-order valence-electron chi connectivity index (χ3n) is 3.67. The molecule has 1 rings (SSSR count). The number of primary sulfonamides is 1. The normalized spacial score (nSPS) is 28.9. The lowest BCUT2D eigenvalue weighted by atomic mass is 9.95. The van der Waals surface area contributed by atoms with Crippen molar-refractivity contribution in [2.24, 2.45) is 5.14 Å². The van der Waals surface area contributed by atoms with Crippen molar-refractivity contribution < 1.29 is 47.5 Å². The highest BCUT2D eigenvalue weighted by atomic mass is 32.3. The molecule has 0 aromatic rings. The predicted molar refractivity (Wildman–Crippen MR) is 90.4 cm³/mol. The Bertz CT molecular complexity index is 836. The monoisotopic (exact) mass is 436 g/mol. The van der Waals surface area contributed by atoms with Gasteiger partial charge in [0.15, 0.2) is 0 Å². The van der Waals surface area contributed by atoms with Crippen molar-refractivity contribution in [2.75, 3.05) is 6.54 Å². The molecular formula is C11H20N2O10S3. The van der Waals surface area contributed by atoms with E-state index in [4.69, 9.17) is 20.5 Å². The van der Waals surface area contributed by atoms with Gasteiger partial charge in [-0.15, -0.1) is 0 Å². The van der Waals surface area contributed by atoms with Crippen LogP contribution in [0, 0.1) is 0 Å². The standard InChI is InChI=1S/C11H20N2O10S3/c1-5-7(13-4-10(15,16)17)11(18,19)9(3,14)25(20,21)8(5)24-6(2)26(12,22)23/h7,13-19H,2,4H2,1,3H3,(H2,12,22,23). The first-order chi connectivity index (χ1) is 11.3. The van der Waals surface area contributed by atoms with Gasteiger partial charge in [0.2, 0.25) is 30.6 Å². The molecule has 1 aliphatic heterocycles. The van der Waals surface area contributed by atoms with E-state index in [0.717, 1.165) is 6.92 Å². The predicted octanol–water partition coefficient (Wildman–Crippen LogP) is -3.88. The fraction of sp³-hybridized carbons (Fsp3) is 0.636. The summed E-state index contributed by atoms with van der Waals surface area (Å²) < 4.78 is 46.2. The van der Waals surface area contributed by atoms with Gasteiger partial charge in [0, 0.05) is 0 Å². The van der Waals surface area contributed by atoms with Gasteiger partial charge in [-0.05, 0) is 19.4 Å². The second-order valence-electron chi connectivity index (χ2n) is 5.79. The molecule has 0 radical (unpaired) electrons. The number of hydrogen-bond acceptors (Lipinski definition) is 12. The maximum absolute atomic E-state index is 12.6. The molecule has 0 aromatic heterocycles. The van der Waals surface area contributed by atoms with E-state index in [1.165, 1.54) is 0 Å². The third-order valence-corrected chi connectivity index (χ3v) is 9.06. The molecule has 0 bridgehead atoms. The molecule has 26 heavy (non-hydrogen) atoms. The second-order valence-corrected chi connectivity index (χ2v) is 11.2. The summed E-state index contributed by atoms with van der Waals surface area (Å²) in [7, 11) is -9.28. The van der Waals surface area contributed by atoms with Gasteiger partial charge in [-0.1, -0.05) is 18.3 Å². The summed E-state index contributed by atoms with van der Waals surface area (Å²) >= 11 is 0.0572. The van der Waals surface area contributed by atoms with Crippen LogP contribution in [0.25, 0.3) is 0 Å². The number of sulfonamides is 1. The minimum Gasteiger partial charge on any atom is -0.370 e.